The van der Waals surface area contributed by atoms with Crippen LogP contribution in [0.15, 0.2) is 65.6 Å². The number of rotatable bonds is 6. The molecule has 212 valence electrons. The van der Waals surface area contributed by atoms with Gasteiger partial charge in [0.15, 0.2) is 5.69 Å². The number of nitrogens with one attached hydrogen (secondary N) is 3. The summed E-state index contributed by atoms with van der Waals surface area (Å²) < 4.78 is 7.28. The maximum Gasteiger partial charge on any atom is 0.250 e. The van der Waals surface area contributed by atoms with E-state index in [0.717, 1.165) is 45.6 Å². The van der Waals surface area contributed by atoms with Crippen LogP contribution in [0, 0.1) is 17.0 Å². The lowest BCUT2D eigenvalue weighted by Gasteiger charge is -2.54. The van der Waals surface area contributed by atoms with Gasteiger partial charge in [-0.3, -0.25) is 9.59 Å². The molecule has 5 atom stereocenters. The number of carbonyl (C=O) groups excluding carboxylic acids is 1. The molecule has 41 heavy (non-hydrogen) atoms. The number of hydrogen-bond donors (Lipinski definition) is 4. The lowest BCUT2D eigenvalue weighted by molar-refractivity contribution is -0.991. The Morgan fingerprint density at radius 1 is 1.20 bits per heavy atom. The van der Waals surface area contributed by atoms with Crippen LogP contribution in [0.1, 0.15) is 29.2 Å². The molecule has 3 aliphatic rings. The van der Waals surface area contributed by atoms with E-state index in [1.165, 1.54) is 0 Å². The van der Waals surface area contributed by atoms with Gasteiger partial charge in [0, 0.05) is 78.3 Å². The minimum absolute atomic E-state index is 0.00400. The normalized spacial score (nSPS) is 23.3. The zero-order valence-electron chi connectivity index (χ0n) is 22.8. The topological polar surface area (TPSA) is 127 Å². The third-order valence-electron chi connectivity index (χ3n) is 9.26. The highest BCUT2D eigenvalue weighted by molar-refractivity contribution is 5.85. The number of anilines is 1. The number of carbonyl (C=O) groups is 1. The van der Waals surface area contributed by atoms with E-state index >= 15 is 0 Å². The van der Waals surface area contributed by atoms with E-state index < -0.39 is 5.23 Å². The summed E-state index contributed by atoms with van der Waals surface area (Å²) in [6.45, 7) is 1.74. The summed E-state index contributed by atoms with van der Waals surface area (Å²) in [5, 5.41) is 24.7. The molecule has 3 unspecified atom stereocenters. The maximum absolute atomic E-state index is 13.9. The Morgan fingerprint density at radius 3 is 2.90 bits per heavy atom. The van der Waals surface area contributed by atoms with Gasteiger partial charge in [-0.2, -0.15) is 5.23 Å². The van der Waals surface area contributed by atoms with Crippen molar-refractivity contribution in [1.29, 1.82) is 0 Å². The highest BCUT2D eigenvalue weighted by Gasteiger charge is 2.49. The number of methoxy groups -OCH3 is 1. The highest BCUT2D eigenvalue weighted by atomic mass is 16.8. The fraction of sp³-hybridized carbons (Fsp3) is 0.355. The number of aromatic amines is 1. The number of H-pyrrole nitrogens is 1. The Bertz CT molecular complexity index is 1690. The van der Waals surface area contributed by atoms with E-state index in [1.807, 2.05) is 47.2 Å². The average molecular weight is 556 g/mol. The van der Waals surface area contributed by atoms with Crippen LogP contribution in [0.25, 0.3) is 10.9 Å². The second-order valence-electron chi connectivity index (χ2n) is 11.5. The van der Waals surface area contributed by atoms with Crippen LogP contribution in [0.5, 0.6) is 5.75 Å². The number of nitrogens with zero attached hydrogens (tertiary/aromatic N) is 2. The van der Waals surface area contributed by atoms with Crippen molar-refractivity contribution >= 4 is 28.2 Å². The number of piperidine rings is 1. The molecule has 7 rings (SSSR count). The van der Waals surface area contributed by atoms with E-state index in [1.54, 1.807) is 25.3 Å². The third-order valence-corrected chi connectivity index (χ3v) is 9.26. The molecule has 2 aromatic heterocycles. The molecule has 0 aliphatic carbocycles. The lowest BCUT2D eigenvalue weighted by atomic mass is 9.70. The van der Waals surface area contributed by atoms with Crippen molar-refractivity contribution in [2.24, 2.45) is 11.8 Å². The largest absolute Gasteiger partial charge is 0.595 e. The fourth-order valence-electron chi connectivity index (χ4n) is 7.43. The van der Waals surface area contributed by atoms with Crippen LogP contribution in [-0.4, -0.2) is 46.9 Å². The van der Waals surface area contributed by atoms with Gasteiger partial charge in [-0.15, -0.1) is 0 Å². The molecule has 0 spiro atoms. The summed E-state index contributed by atoms with van der Waals surface area (Å²) in [5.74, 6) is 0.694. The first-order valence-corrected chi connectivity index (χ1v) is 14.2. The number of quaternary nitrogens is 1. The minimum atomic E-state index is -0.977. The van der Waals surface area contributed by atoms with Crippen molar-refractivity contribution < 1.29 is 20.0 Å². The third kappa shape index (κ3) is 4.39. The number of pyridine rings is 1. The highest BCUT2D eigenvalue weighted by Crippen LogP contribution is 2.47. The second kappa shape index (κ2) is 10.1. The van der Waals surface area contributed by atoms with E-state index in [4.69, 9.17) is 4.74 Å². The first kappa shape index (κ1) is 25.8. The van der Waals surface area contributed by atoms with Crippen LogP contribution in [0.2, 0.25) is 0 Å². The van der Waals surface area contributed by atoms with Gasteiger partial charge >= 0.3 is 0 Å². The number of fused-ring (bicyclic) bond motifs is 9. The molecule has 10 heteroatoms. The molecule has 5 heterocycles. The van der Waals surface area contributed by atoms with E-state index in [-0.39, 0.29) is 40.9 Å². The van der Waals surface area contributed by atoms with E-state index in [9.17, 15) is 20.0 Å². The van der Waals surface area contributed by atoms with Gasteiger partial charge in [0.2, 0.25) is 5.91 Å². The molecule has 4 aromatic rings. The average Bonchev–Trinajstić information content (AvgIpc) is 3.38. The van der Waals surface area contributed by atoms with Crippen molar-refractivity contribution in [2.45, 2.75) is 37.8 Å². The van der Waals surface area contributed by atoms with Crippen LogP contribution < -0.4 is 25.7 Å². The summed E-state index contributed by atoms with van der Waals surface area (Å²) >= 11 is 0. The van der Waals surface area contributed by atoms with Crippen LogP contribution in [-0.2, 0) is 24.2 Å². The van der Waals surface area contributed by atoms with Crippen molar-refractivity contribution in [3.63, 3.8) is 0 Å². The Kier molecular flexibility index (Phi) is 6.33. The summed E-state index contributed by atoms with van der Waals surface area (Å²) in [6.07, 6.45) is 4.02. The van der Waals surface area contributed by atoms with Crippen LogP contribution in [0.4, 0.5) is 11.4 Å². The van der Waals surface area contributed by atoms with Gasteiger partial charge in [0.25, 0.3) is 5.56 Å². The van der Waals surface area contributed by atoms with Gasteiger partial charge in [-0.1, -0.05) is 6.07 Å². The maximum atomic E-state index is 13.9. The molecule has 2 aromatic carbocycles. The Morgan fingerprint density at radius 2 is 2.07 bits per heavy atom. The number of benzene rings is 2. The van der Waals surface area contributed by atoms with Gasteiger partial charge in [-0.05, 0) is 66.6 Å². The first-order valence-electron chi connectivity index (χ1n) is 14.2. The minimum Gasteiger partial charge on any atom is -0.595 e. The zero-order valence-corrected chi connectivity index (χ0v) is 22.8. The summed E-state index contributed by atoms with van der Waals surface area (Å²) in [4.78, 5) is 32.3. The first-order chi connectivity index (χ1) is 19.9. The van der Waals surface area contributed by atoms with Crippen molar-refractivity contribution in [1.82, 2.24) is 14.9 Å². The number of amides is 1. The predicted octanol–water partition coefficient (Wildman–Crippen LogP) is 2.27. The smallest absolute Gasteiger partial charge is 0.250 e. The predicted molar refractivity (Wildman–Crippen MR) is 154 cm³/mol. The van der Waals surface area contributed by atoms with Crippen molar-refractivity contribution in [3.05, 3.63) is 93.2 Å². The molecular weight excluding hydrogens is 522 g/mol. The fourth-order valence-corrected chi connectivity index (χ4v) is 7.43. The SMILES string of the molecule is COc1ccc2[nH]cc(CCNC(=O)[C@@H]3Cc4cc([NH+]([O-])O)ccc4N4CC5CC(Cn6c5cccc6=O)[C@@H]34)c2c1. The number of aromatic nitrogens is 2. The van der Waals surface area contributed by atoms with Crippen LogP contribution >= 0.6 is 0 Å². The van der Waals surface area contributed by atoms with Gasteiger partial charge in [-0.25, -0.2) is 5.21 Å². The van der Waals surface area contributed by atoms with Crippen molar-refractivity contribution in [2.75, 3.05) is 25.1 Å². The lowest BCUT2D eigenvalue weighted by Crippen LogP contribution is -2.99. The molecule has 0 radical (unpaired) electrons. The second-order valence-corrected chi connectivity index (χ2v) is 11.5. The molecular formula is C31H33N5O5. The molecule has 10 nitrogen and oxygen atoms in total. The van der Waals surface area contributed by atoms with Gasteiger partial charge in [0.05, 0.1) is 13.0 Å². The summed E-state index contributed by atoms with van der Waals surface area (Å²) in [5.41, 5.74) is 5.27. The van der Waals surface area contributed by atoms with E-state index in [0.29, 0.717) is 32.5 Å². The molecule has 4 N–H and O–H groups in total. The number of hydrogen-bond acceptors (Lipinski definition) is 6. The Balaban J connectivity index is 1.17. The molecule has 3 aliphatic heterocycles. The quantitative estimate of drug-likeness (QED) is 0.271. The summed E-state index contributed by atoms with van der Waals surface area (Å²) in [6, 6.07) is 16.6. The van der Waals surface area contributed by atoms with Crippen molar-refractivity contribution in [3.8, 4) is 5.75 Å². The Hall–Kier alpha value is -4.12. The molecule has 2 bridgehead atoms. The van der Waals surface area contributed by atoms with Crippen LogP contribution in [0.3, 0.4) is 0 Å². The zero-order chi connectivity index (χ0) is 28.2. The Labute approximate surface area is 236 Å². The monoisotopic (exact) mass is 555 g/mol. The number of ether oxygens (including phenoxy) is 1. The molecule has 0 saturated carbocycles. The standard InChI is InChI=1S/C31H33N5O5/c1-41-23-6-7-26-24(14-23)18(15-33-26)9-10-32-31(38)25-13-19-12-22(36(39)40)5-8-28(19)35-16-20-11-21(30(25)35)17-34-27(20)3-2-4-29(34)37/h2-8,12,14-15,20-21,25,30,33,36,39H,9-11,13,16-17H2,1H3,(H,32,38)/t20?,21?,25-,30+/m1/s1. The molecule has 1 saturated heterocycles. The van der Waals surface area contributed by atoms with Gasteiger partial charge in [0.1, 0.15) is 5.75 Å². The summed E-state index contributed by atoms with van der Waals surface area (Å²) in [7, 11) is 1.65. The van der Waals surface area contributed by atoms with E-state index in [2.05, 4.69) is 15.2 Å². The van der Waals surface area contributed by atoms with Gasteiger partial charge < -0.3 is 29.7 Å². The molecule has 1 fully saturated rings. The molecule has 1 amide bonds.